The Labute approximate surface area is 118 Å². The van der Waals surface area contributed by atoms with Crippen LogP contribution in [0, 0.1) is 5.82 Å². The van der Waals surface area contributed by atoms with E-state index in [9.17, 15) is 9.50 Å². The number of nitrogens with zero attached hydrogens (tertiary/aromatic N) is 2. The molecule has 1 rings (SSSR count). The van der Waals surface area contributed by atoms with Crippen molar-refractivity contribution >= 4 is 5.84 Å². The van der Waals surface area contributed by atoms with E-state index in [1.54, 1.807) is 19.9 Å². The largest absolute Gasteiger partial charge is 0.409 e. The van der Waals surface area contributed by atoms with Gasteiger partial charge in [0.25, 0.3) is 0 Å². The number of rotatable bonds is 6. The van der Waals surface area contributed by atoms with Crippen molar-refractivity contribution in [2.45, 2.75) is 32.9 Å². The minimum atomic E-state index is -0.827. The normalized spacial score (nSPS) is 13.0. The van der Waals surface area contributed by atoms with Gasteiger partial charge in [-0.2, -0.15) is 0 Å². The van der Waals surface area contributed by atoms with E-state index in [2.05, 4.69) is 5.16 Å². The zero-order valence-corrected chi connectivity index (χ0v) is 12.1. The van der Waals surface area contributed by atoms with Crippen LogP contribution in [0.2, 0.25) is 0 Å². The molecule has 0 heterocycles. The smallest absolute Gasteiger partial charge is 0.170 e. The summed E-state index contributed by atoms with van der Waals surface area (Å²) in [7, 11) is 0. The second kappa shape index (κ2) is 6.67. The van der Waals surface area contributed by atoms with Gasteiger partial charge in [0.2, 0.25) is 0 Å². The molecule has 0 aliphatic carbocycles. The van der Waals surface area contributed by atoms with E-state index in [4.69, 9.17) is 10.9 Å². The van der Waals surface area contributed by atoms with Crippen LogP contribution in [0.1, 0.15) is 31.9 Å². The van der Waals surface area contributed by atoms with Crippen molar-refractivity contribution in [1.82, 2.24) is 4.90 Å². The van der Waals surface area contributed by atoms with E-state index in [0.29, 0.717) is 18.7 Å². The Kier molecular flexibility index (Phi) is 5.47. The first-order chi connectivity index (χ1) is 9.26. The third-order valence-electron chi connectivity index (χ3n) is 2.91. The molecule has 0 saturated heterocycles. The number of amidine groups is 1. The summed E-state index contributed by atoms with van der Waals surface area (Å²) in [4.78, 5) is 2.00. The van der Waals surface area contributed by atoms with Gasteiger partial charge in [-0.05, 0) is 38.1 Å². The Hall–Kier alpha value is -1.66. The average molecular weight is 283 g/mol. The highest BCUT2D eigenvalue weighted by atomic mass is 19.1. The van der Waals surface area contributed by atoms with Crippen LogP contribution in [0.15, 0.2) is 23.4 Å². The Morgan fingerprint density at radius 3 is 2.60 bits per heavy atom. The van der Waals surface area contributed by atoms with Gasteiger partial charge in [-0.15, -0.1) is 0 Å². The molecule has 0 radical (unpaired) electrons. The predicted molar refractivity (Wildman–Crippen MR) is 76.2 cm³/mol. The Morgan fingerprint density at radius 1 is 1.45 bits per heavy atom. The SMILES string of the molecule is CCN(Cc1ccc(F)cc1C(N)=NO)CC(C)(C)O. The van der Waals surface area contributed by atoms with Crippen LogP contribution in [0.25, 0.3) is 0 Å². The summed E-state index contributed by atoms with van der Waals surface area (Å²) in [5.41, 5.74) is 5.85. The molecule has 112 valence electrons. The second-order valence-corrected chi connectivity index (χ2v) is 5.40. The number of benzene rings is 1. The Balaban J connectivity index is 3.01. The highest BCUT2D eigenvalue weighted by molar-refractivity contribution is 5.98. The monoisotopic (exact) mass is 283 g/mol. The molecule has 20 heavy (non-hydrogen) atoms. The lowest BCUT2D eigenvalue weighted by atomic mass is 10.0. The van der Waals surface area contributed by atoms with Crippen LogP contribution < -0.4 is 5.73 Å². The minimum absolute atomic E-state index is 0.126. The van der Waals surface area contributed by atoms with Crippen molar-refractivity contribution in [2.75, 3.05) is 13.1 Å². The van der Waals surface area contributed by atoms with Gasteiger partial charge in [0.05, 0.1) is 5.60 Å². The van der Waals surface area contributed by atoms with Crippen molar-refractivity contribution in [3.63, 3.8) is 0 Å². The molecule has 0 amide bonds. The third-order valence-corrected chi connectivity index (χ3v) is 2.91. The third kappa shape index (κ3) is 4.79. The van der Waals surface area contributed by atoms with E-state index in [1.165, 1.54) is 12.1 Å². The van der Waals surface area contributed by atoms with Gasteiger partial charge in [-0.25, -0.2) is 4.39 Å². The lowest BCUT2D eigenvalue weighted by Gasteiger charge is -2.28. The molecular weight excluding hydrogens is 261 g/mol. The molecule has 0 aromatic heterocycles. The number of hydrogen-bond acceptors (Lipinski definition) is 4. The van der Waals surface area contributed by atoms with Crippen LogP contribution >= 0.6 is 0 Å². The fourth-order valence-electron chi connectivity index (χ4n) is 2.05. The topological polar surface area (TPSA) is 82.1 Å². The molecule has 0 aliphatic heterocycles. The number of oxime groups is 1. The van der Waals surface area contributed by atoms with Crippen molar-refractivity contribution < 1.29 is 14.7 Å². The molecule has 1 aromatic rings. The maximum absolute atomic E-state index is 13.3. The highest BCUT2D eigenvalue weighted by Gasteiger charge is 2.19. The molecule has 0 unspecified atom stereocenters. The molecule has 0 fully saturated rings. The van der Waals surface area contributed by atoms with E-state index < -0.39 is 11.4 Å². The summed E-state index contributed by atoms with van der Waals surface area (Å²) < 4.78 is 13.3. The first-order valence-corrected chi connectivity index (χ1v) is 6.48. The Bertz CT molecular complexity index is 484. The van der Waals surface area contributed by atoms with Crippen LogP contribution in [0.3, 0.4) is 0 Å². The molecule has 0 bridgehead atoms. The summed E-state index contributed by atoms with van der Waals surface area (Å²) in [5.74, 6) is -0.570. The van der Waals surface area contributed by atoms with E-state index in [0.717, 1.165) is 12.1 Å². The molecular formula is C14H22FN3O2. The predicted octanol–water partition coefficient (Wildman–Crippen LogP) is 1.51. The van der Waals surface area contributed by atoms with Crippen LogP contribution in [-0.2, 0) is 6.54 Å². The second-order valence-electron chi connectivity index (χ2n) is 5.40. The highest BCUT2D eigenvalue weighted by Crippen LogP contribution is 2.15. The van der Waals surface area contributed by atoms with Gasteiger partial charge in [-0.1, -0.05) is 18.1 Å². The number of hydrogen-bond donors (Lipinski definition) is 3. The van der Waals surface area contributed by atoms with E-state index in [-0.39, 0.29) is 5.84 Å². The average Bonchev–Trinajstić information content (AvgIpc) is 2.37. The number of nitrogens with two attached hydrogens (primary N) is 1. The van der Waals surface area contributed by atoms with E-state index in [1.807, 2.05) is 11.8 Å². The fourth-order valence-corrected chi connectivity index (χ4v) is 2.05. The zero-order valence-electron chi connectivity index (χ0n) is 12.1. The maximum atomic E-state index is 13.3. The first-order valence-electron chi connectivity index (χ1n) is 6.48. The molecule has 1 aromatic carbocycles. The van der Waals surface area contributed by atoms with Crippen LogP contribution in [0.4, 0.5) is 4.39 Å². The summed E-state index contributed by atoms with van der Waals surface area (Å²) in [6.45, 7) is 7.09. The van der Waals surface area contributed by atoms with Gasteiger partial charge in [0, 0.05) is 18.7 Å². The lowest BCUT2D eigenvalue weighted by Crippen LogP contribution is -2.38. The van der Waals surface area contributed by atoms with Gasteiger partial charge in [0.1, 0.15) is 5.82 Å². The maximum Gasteiger partial charge on any atom is 0.170 e. The molecule has 0 spiro atoms. The van der Waals surface area contributed by atoms with Crippen molar-refractivity contribution in [3.05, 3.63) is 35.1 Å². The number of halogens is 1. The van der Waals surface area contributed by atoms with E-state index >= 15 is 0 Å². The van der Waals surface area contributed by atoms with Gasteiger partial charge in [-0.3, -0.25) is 4.90 Å². The molecule has 5 nitrogen and oxygen atoms in total. The van der Waals surface area contributed by atoms with Crippen LogP contribution in [0.5, 0.6) is 0 Å². The van der Waals surface area contributed by atoms with Crippen molar-refractivity contribution in [3.8, 4) is 0 Å². The molecule has 0 saturated carbocycles. The minimum Gasteiger partial charge on any atom is -0.409 e. The first kappa shape index (κ1) is 16.4. The molecule has 0 aliphatic rings. The van der Waals surface area contributed by atoms with Gasteiger partial charge in [0.15, 0.2) is 5.84 Å². The number of likely N-dealkylation sites (N-methyl/N-ethyl adjacent to an activating group) is 1. The summed E-state index contributed by atoms with van der Waals surface area (Å²) in [6.07, 6.45) is 0. The lowest BCUT2D eigenvalue weighted by molar-refractivity contribution is 0.0353. The molecule has 6 heteroatoms. The van der Waals surface area contributed by atoms with Crippen molar-refractivity contribution in [1.29, 1.82) is 0 Å². The van der Waals surface area contributed by atoms with Gasteiger partial charge >= 0.3 is 0 Å². The summed E-state index contributed by atoms with van der Waals surface area (Å²) in [6, 6.07) is 4.18. The van der Waals surface area contributed by atoms with Crippen LogP contribution in [-0.4, -0.2) is 39.7 Å². The standard InChI is InChI=1S/C14H22FN3O2/c1-4-18(9-14(2,3)19)8-10-5-6-11(15)7-12(10)13(16)17-20/h5-7,19-20H,4,8-9H2,1-3H3,(H2,16,17). The summed E-state index contributed by atoms with van der Waals surface area (Å²) >= 11 is 0. The summed E-state index contributed by atoms with van der Waals surface area (Å²) in [5, 5.41) is 21.6. The number of aliphatic hydroxyl groups is 1. The Morgan fingerprint density at radius 2 is 2.10 bits per heavy atom. The van der Waals surface area contributed by atoms with Gasteiger partial charge < -0.3 is 16.0 Å². The quantitative estimate of drug-likeness (QED) is 0.320. The van der Waals surface area contributed by atoms with Crippen molar-refractivity contribution in [2.24, 2.45) is 10.9 Å². The fraction of sp³-hybridized carbons (Fsp3) is 0.500. The molecule has 4 N–H and O–H groups in total. The molecule has 0 atom stereocenters. The zero-order chi connectivity index (χ0) is 15.3.